The standard InChI is InChI=1S/C10H21FO2S/c1-2-3-4-5-6-7-8-9-14(12,13)10-11/h2-10H2,1H3. The van der Waals surface area contributed by atoms with Gasteiger partial charge in [0.25, 0.3) is 0 Å². The van der Waals surface area contributed by atoms with Crippen LogP contribution in [0.3, 0.4) is 0 Å². The van der Waals surface area contributed by atoms with Crippen molar-refractivity contribution < 1.29 is 12.8 Å². The molecule has 0 atom stereocenters. The molecule has 0 aromatic heterocycles. The zero-order chi connectivity index (χ0) is 10.9. The fourth-order valence-corrected chi connectivity index (χ4v) is 2.09. The maximum atomic E-state index is 11.9. The SMILES string of the molecule is CCCCCCCCCS(=O)(=O)CF. The Kier molecular flexibility index (Phi) is 8.14. The van der Waals surface area contributed by atoms with Crippen LogP contribution in [0.15, 0.2) is 0 Å². The molecule has 0 aliphatic heterocycles. The maximum Gasteiger partial charge on any atom is 0.190 e. The summed E-state index contributed by atoms with van der Waals surface area (Å²) in [6.45, 7) is 2.16. The molecule has 0 aliphatic carbocycles. The van der Waals surface area contributed by atoms with Crippen LogP contribution in [0.1, 0.15) is 51.9 Å². The second-order valence-corrected chi connectivity index (χ2v) is 5.79. The molecule has 0 spiro atoms. The van der Waals surface area contributed by atoms with Gasteiger partial charge in [-0.1, -0.05) is 45.4 Å². The topological polar surface area (TPSA) is 34.1 Å². The number of hydrogen-bond donors (Lipinski definition) is 0. The Morgan fingerprint density at radius 1 is 0.929 bits per heavy atom. The monoisotopic (exact) mass is 224 g/mol. The summed E-state index contributed by atoms with van der Waals surface area (Å²) in [4.78, 5) is 0. The van der Waals surface area contributed by atoms with Gasteiger partial charge >= 0.3 is 0 Å². The summed E-state index contributed by atoms with van der Waals surface area (Å²) >= 11 is 0. The Hall–Kier alpha value is -0.120. The Morgan fingerprint density at radius 2 is 1.43 bits per heavy atom. The molecule has 0 rings (SSSR count). The molecule has 86 valence electrons. The summed E-state index contributed by atoms with van der Waals surface area (Å²) < 4.78 is 33.4. The summed E-state index contributed by atoms with van der Waals surface area (Å²) in [6.07, 6.45) is 7.46. The van der Waals surface area contributed by atoms with Crippen molar-refractivity contribution in [3.63, 3.8) is 0 Å². The average molecular weight is 224 g/mol. The van der Waals surface area contributed by atoms with Crippen LogP contribution in [0, 0.1) is 0 Å². The molecule has 0 fully saturated rings. The highest BCUT2D eigenvalue weighted by molar-refractivity contribution is 7.91. The lowest BCUT2D eigenvalue weighted by atomic mass is 10.1. The Morgan fingerprint density at radius 3 is 1.93 bits per heavy atom. The van der Waals surface area contributed by atoms with Crippen LogP contribution >= 0.6 is 0 Å². The van der Waals surface area contributed by atoms with E-state index < -0.39 is 15.8 Å². The third-order valence-electron chi connectivity index (χ3n) is 2.23. The largest absolute Gasteiger partial charge is 0.234 e. The number of hydrogen-bond acceptors (Lipinski definition) is 2. The first-order valence-corrected chi connectivity index (χ1v) is 7.21. The van der Waals surface area contributed by atoms with Gasteiger partial charge in [0.05, 0.1) is 5.75 Å². The third-order valence-corrected chi connectivity index (χ3v) is 3.47. The Balaban J connectivity index is 3.22. The first kappa shape index (κ1) is 13.9. The maximum absolute atomic E-state index is 11.9. The van der Waals surface area contributed by atoms with E-state index in [1.165, 1.54) is 25.7 Å². The lowest BCUT2D eigenvalue weighted by Gasteiger charge is -2.00. The van der Waals surface area contributed by atoms with Crippen LogP contribution in [0.25, 0.3) is 0 Å². The van der Waals surface area contributed by atoms with E-state index in [4.69, 9.17) is 0 Å². The first-order chi connectivity index (χ1) is 6.62. The van der Waals surface area contributed by atoms with E-state index in [2.05, 4.69) is 6.92 Å². The zero-order valence-electron chi connectivity index (χ0n) is 8.97. The van der Waals surface area contributed by atoms with Gasteiger partial charge in [-0.25, -0.2) is 12.8 Å². The van der Waals surface area contributed by atoms with Crippen molar-refractivity contribution in [3.05, 3.63) is 0 Å². The number of sulfone groups is 1. The first-order valence-electron chi connectivity index (χ1n) is 5.39. The van der Waals surface area contributed by atoms with Crippen LogP contribution in [0.2, 0.25) is 0 Å². The van der Waals surface area contributed by atoms with Crippen LogP contribution in [-0.2, 0) is 9.84 Å². The van der Waals surface area contributed by atoms with E-state index in [9.17, 15) is 12.8 Å². The molecule has 0 unspecified atom stereocenters. The van der Waals surface area contributed by atoms with Gasteiger partial charge in [-0.3, -0.25) is 0 Å². The normalized spacial score (nSPS) is 11.9. The third kappa shape index (κ3) is 8.48. The minimum absolute atomic E-state index is 0.0112. The molecule has 0 bridgehead atoms. The highest BCUT2D eigenvalue weighted by Crippen LogP contribution is 2.08. The van der Waals surface area contributed by atoms with Crippen molar-refractivity contribution >= 4 is 9.84 Å². The lowest BCUT2D eigenvalue weighted by molar-refractivity contribution is 0.529. The fraction of sp³-hybridized carbons (Fsp3) is 1.00. The molecule has 0 aromatic rings. The van der Waals surface area contributed by atoms with Gasteiger partial charge in [-0.2, -0.15) is 0 Å². The van der Waals surface area contributed by atoms with Crippen LogP contribution < -0.4 is 0 Å². The van der Waals surface area contributed by atoms with Gasteiger partial charge in [-0.05, 0) is 6.42 Å². The Labute approximate surface area is 86.8 Å². The second kappa shape index (κ2) is 8.21. The van der Waals surface area contributed by atoms with Crippen LogP contribution in [0.4, 0.5) is 4.39 Å². The number of alkyl halides is 1. The molecule has 0 radical (unpaired) electrons. The van der Waals surface area contributed by atoms with E-state index >= 15 is 0 Å². The van der Waals surface area contributed by atoms with E-state index in [1.807, 2.05) is 0 Å². The molecule has 2 nitrogen and oxygen atoms in total. The Bertz CT molecular complexity index is 212. The molecule has 0 saturated carbocycles. The number of unbranched alkanes of at least 4 members (excludes halogenated alkanes) is 6. The molecule has 0 heterocycles. The van der Waals surface area contributed by atoms with E-state index in [1.54, 1.807) is 0 Å². The molecule has 0 N–H and O–H groups in total. The highest BCUT2D eigenvalue weighted by atomic mass is 32.2. The minimum Gasteiger partial charge on any atom is -0.234 e. The molecule has 0 saturated heterocycles. The summed E-state index contributed by atoms with van der Waals surface area (Å²) in [5, 5.41) is 0. The zero-order valence-corrected chi connectivity index (χ0v) is 9.78. The van der Waals surface area contributed by atoms with Gasteiger partial charge in [0.15, 0.2) is 15.8 Å². The lowest BCUT2D eigenvalue weighted by Crippen LogP contribution is -2.07. The highest BCUT2D eigenvalue weighted by Gasteiger charge is 2.08. The summed E-state index contributed by atoms with van der Waals surface area (Å²) in [6, 6.07) is -1.21. The van der Waals surface area contributed by atoms with Gasteiger partial charge in [0.2, 0.25) is 0 Å². The number of halogens is 1. The second-order valence-electron chi connectivity index (χ2n) is 3.68. The molecule has 0 aromatic carbocycles. The van der Waals surface area contributed by atoms with Gasteiger partial charge in [0, 0.05) is 0 Å². The van der Waals surface area contributed by atoms with Gasteiger partial charge in [-0.15, -0.1) is 0 Å². The quantitative estimate of drug-likeness (QED) is 0.564. The van der Waals surface area contributed by atoms with Gasteiger partial charge < -0.3 is 0 Å². The van der Waals surface area contributed by atoms with Crippen molar-refractivity contribution in [3.8, 4) is 0 Å². The molecule has 14 heavy (non-hydrogen) atoms. The molecular formula is C10H21FO2S. The predicted molar refractivity (Wildman–Crippen MR) is 57.8 cm³/mol. The predicted octanol–water partition coefficient (Wildman–Crippen LogP) is 3.08. The fourth-order valence-electron chi connectivity index (χ4n) is 1.33. The molecule has 4 heteroatoms. The van der Waals surface area contributed by atoms with Crippen molar-refractivity contribution in [2.75, 3.05) is 11.8 Å². The number of rotatable bonds is 9. The van der Waals surface area contributed by atoms with Gasteiger partial charge in [0.1, 0.15) is 0 Å². The summed E-state index contributed by atoms with van der Waals surface area (Å²) in [5.41, 5.74) is 0. The molecular weight excluding hydrogens is 203 g/mol. The van der Waals surface area contributed by atoms with Crippen molar-refractivity contribution in [1.29, 1.82) is 0 Å². The van der Waals surface area contributed by atoms with E-state index in [0.717, 1.165) is 12.8 Å². The summed E-state index contributed by atoms with van der Waals surface area (Å²) in [5.74, 6) is 0.0112. The minimum atomic E-state index is -3.38. The van der Waals surface area contributed by atoms with Crippen molar-refractivity contribution in [2.45, 2.75) is 51.9 Å². The van der Waals surface area contributed by atoms with E-state index in [0.29, 0.717) is 6.42 Å². The average Bonchev–Trinajstić information content (AvgIpc) is 2.16. The molecule has 0 amide bonds. The van der Waals surface area contributed by atoms with Crippen molar-refractivity contribution in [1.82, 2.24) is 0 Å². The smallest absolute Gasteiger partial charge is 0.190 e. The molecule has 0 aliphatic rings. The van der Waals surface area contributed by atoms with Crippen LogP contribution in [0.5, 0.6) is 0 Å². The van der Waals surface area contributed by atoms with Crippen LogP contribution in [-0.4, -0.2) is 20.2 Å². The summed E-state index contributed by atoms with van der Waals surface area (Å²) in [7, 11) is -3.38. The van der Waals surface area contributed by atoms with E-state index in [-0.39, 0.29) is 5.75 Å². The van der Waals surface area contributed by atoms with Crippen molar-refractivity contribution in [2.24, 2.45) is 0 Å².